The lowest BCUT2D eigenvalue weighted by Crippen LogP contribution is -2.13. The number of aromatic nitrogens is 2. The van der Waals surface area contributed by atoms with Crippen LogP contribution in [0.5, 0.6) is 0 Å². The van der Waals surface area contributed by atoms with Gasteiger partial charge < -0.3 is 14.3 Å². The van der Waals surface area contributed by atoms with Crippen LogP contribution in [0.4, 0.5) is 0 Å². The van der Waals surface area contributed by atoms with Crippen LogP contribution in [0.2, 0.25) is 0 Å². The molecule has 1 aliphatic heterocycles. The maximum atomic E-state index is 10.8. The Bertz CT molecular complexity index is 635. The summed E-state index contributed by atoms with van der Waals surface area (Å²) in [5.74, 6) is 0.191. The van der Waals surface area contributed by atoms with Crippen molar-refractivity contribution in [3.8, 4) is 11.5 Å². The third-order valence-corrected chi connectivity index (χ3v) is 3.75. The van der Waals surface area contributed by atoms with Crippen molar-refractivity contribution in [2.75, 3.05) is 6.61 Å². The number of carboxylic acids is 1. The molecule has 1 aromatic heterocycles. The van der Waals surface area contributed by atoms with E-state index in [9.17, 15) is 4.79 Å². The van der Waals surface area contributed by atoms with Crippen LogP contribution >= 0.6 is 0 Å². The monoisotopic (exact) mass is 288 g/mol. The van der Waals surface area contributed by atoms with E-state index in [-0.39, 0.29) is 17.6 Å². The fourth-order valence-electron chi connectivity index (χ4n) is 2.59. The van der Waals surface area contributed by atoms with Crippen molar-refractivity contribution in [3.63, 3.8) is 0 Å². The van der Waals surface area contributed by atoms with Gasteiger partial charge >= 0.3 is 5.97 Å². The van der Waals surface area contributed by atoms with Gasteiger partial charge in [0.05, 0.1) is 17.6 Å². The number of aromatic carboxylic acids is 1. The average Bonchev–Trinajstić information content (AvgIpc) is 3.15. The van der Waals surface area contributed by atoms with Crippen molar-refractivity contribution < 1.29 is 19.1 Å². The lowest BCUT2D eigenvalue weighted by Gasteiger charge is -2.12. The molecule has 1 fully saturated rings. The maximum absolute atomic E-state index is 10.8. The summed E-state index contributed by atoms with van der Waals surface area (Å²) in [7, 11) is 0. The molecule has 2 heterocycles. The smallest absolute Gasteiger partial charge is 0.335 e. The van der Waals surface area contributed by atoms with Gasteiger partial charge in [0, 0.05) is 12.2 Å². The average molecular weight is 288 g/mol. The van der Waals surface area contributed by atoms with Gasteiger partial charge in [-0.3, -0.25) is 0 Å². The van der Waals surface area contributed by atoms with Gasteiger partial charge in [-0.05, 0) is 37.1 Å². The van der Waals surface area contributed by atoms with E-state index in [2.05, 4.69) is 17.1 Å². The van der Waals surface area contributed by atoms with Gasteiger partial charge in [0.1, 0.15) is 0 Å². The molecular weight excluding hydrogens is 272 g/mol. The minimum absolute atomic E-state index is 0.132. The molecule has 1 aliphatic rings. The number of ether oxygens (including phenoxy) is 1. The minimum Gasteiger partial charge on any atom is -0.478 e. The quantitative estimate of drug-likeness (QED) is 0.931. The van der Waals surface area contributed by atoms with Gasteiger partial charge in [-0.25, -0.2) is 4.79 Å². The summed E-state index contributed by atoms with van der Waals surface area (Å²) in [5.41, 5.74) is 0.944. The first kappa shape index (κ1) is 13.8. The fourth-order valence-corrected chi connectivity index (χ4v) is 2.59. The predicted octanol–water partition coefficient (Wildman–Crippen LogP) is 2.72. The highest BCUT2D eigenvalue weighted by molar-refractivity contribution is 5.88. The highest BCUT2D eigenvalue weighted by Gasteiger charge is 2.32. The number of benzene rings is 1. The molecule has 110 valence electrons. The summed E-state index contributed by atoms with van der Waals surface area (Å²) >= 11 is 0. The zero-order valence-electron chi connectivity index (χ0n) is 11.7. The zero-order chi connectivity index (χ0) is 14.8. The van der Waals surface area contributed by atoms with Crippen molar-refractivity contribution in [2.45, 2.75) is 31.8 Å². The second kappa shape index (κ2) is 5.65. The second-order valence-corrected chi connectivity index (χ2v) is 5.04. The largest absolute Gasteiger partial charge is 0.478 e. The Morgan fingerprint density at radius 1 is 1.33 bits per heavy atom. The van der Waals surface area contributed by atoms with E-state index < -0.39 is 5.97 Å². The van der Waals surface area contributed by atoms with E-state index in [0.717, 1.165) is 12.8 Å². The van der Waals surface area contributed by atoms with Crippen molar-refractivity contribution in [1.82, 2.24) is 10.2 Å². The molecule has 6 heteroatoms. The number of rotatable bonds is 4. The lowest BCUT2D eigenvalue weighted by atomic mass is 10.00. The molecule has 0 saturated carbocycles. The first-order valence-corrected chi connectivity index (χ1v) is 6.97. The van der Waals surface area contributed by atoms with Crippen LogP contribution in [-0.2, 0) is 4.74 Å². The van der Waals surface area contributed by atoms with Crippen molar-refractivity contribution >= 4 is 5.97 Å². The molecule has 2 atom stereocenters. The van der Waals surface area contributed by atoms with Crippen LogP contribution in [-0.4, -0.2) is 34.0 Å². The molecule has 0 aliphatic carbocycles. The molecule has 1 aromatic carbocycles. The van der Waals surface area contributed by atoms with Crippen LogP contribution in [0.3, 0.4) is 0 Å². The SMILES string of the molecule is CCC1OCCC1c1nnc(-c2ccc(C(=O)O)cc2)o1. The number of nitrogens with zero attached hydrogens (tertiary/aromatic N) is 2. The van der Waals surface area contributed by atoms with Gasteiger partial charge in [-0.1, -0.05) is 6.92 Å². The molecule has 0 amide bonds. The fraction of sp³-hybridized carbons (Fsp3) is 0.400. The highest BCUT2D eigenvalue weighted by atomic mass is 16.5. The van der Waals surface area contributed by atoms with Gasteiger partial charge in [0.15, 0.2) is 0 Å². The molecule has 0 bridgehead atoms. The summed E-state index contributed by atoms with van der Waals surface area (Å²) in [6, 6.07) is 6.39. The first-order chi connectivity index (χ1) is 10.2. The van der Waals surface area contributed by atoms with Crippen molar-refractivity contribution in [2.24, 2.45) is 0 Å². The van der Waals surface area contributed by atoms with Crippen LogP contribution in [0, 0.1) is 0 Å². The minimum atomic E-state index is -0.957. The van der Waals surface area contributed by atoms with Crippen molar-refractivity contribution in [3.05, 3.63) is 35.7 Å². The van der Waals surface area contributed by atoms with E-state index in [1.165, 1.54) is 12.1 Å². The van der Waals surface area contributed by atoms with E-state index in [4.69, 9.17) is 14.3 Å². The lowest BCUT2D eigenvalue weighted by molar-refractivity contribution is 0.0697. The second-order valence-electron chi connectivity index (χ2n) is 5.04. The highest BCUT2D eigenvalue weighted by Crippen LogP contribution is 2.33. The molecule has 1 N–H and O–H groups in total. The van der Waals surface area contributed by atoms with E-state index >= 15 is 0 Å². The predicted molar refractivity (Wildman–Crippen MR) is 74.1 cm³/mol. The summed E-state index contributed by atoms with van der Waals surface area (Å²) in [6.07, 6.45) is 1.93. The molecule has 2 aromatic rings. The maximum Gasteiger partial charge on any atom is 0.335 e. The van der Waals surface area contributed by atoms with E-state index in [0.29, 0.717) is 24.0 Å². The Hall–Kier alpha value is -2.21. The summed E-state index contributed by atoms with van der Waals surface area (Å²) < 4.78 is 11.4. The van der Waals surface area contributed by atoms with Crippen LogP contribution in [0.15, 0.2) is 28.7 Å². The number of carbonyl (C=O) groups is 1. The van der Waals surface area contributed by atoms with Gasteiger partial charge in [-0.15, -0.1) is 10.2 Å². The standard InChI is InChI=1S/C15H16N2O4/c1-2-12-11(7-8-20-12)14-17-16-13(21-14)9-3-5-10(6-4-9)15(18)19/h3-6,11-12H,2,7-8H2,1H3,(H,18,19). The van der Waals surface area contributed by atoms with E-state index in [1.54, 1.807) is 12.1 Å². The topological polar surface area (TPSA) is 85.5 Å². The Labute approximate surface area is 121 Å². The van der Waals surface area contributed by atoms with Gasteiger partial charge in [0.2, 0.25) is 11.8 Å². The van der Waals surface area contributed by atoms with Crippen LogP contribution in [0.25, 0.3) is 11.5 Å². The number of hydrogen-bond acceptors (Lipinski definition) is 5. The Morgan fingerprint density at radius 2 is 2.10 bits per heavy atom. The molecule has 0 spiro atoms. The summed E-state index contributed by atoms with van der Waals surface area (Å²) in [6.45, 7) is 2.79. The molecule has 3 rings (SSSR count). The molecule has 21 heavy (non-hydrogen) atoms. The zero-order valence-corrected chi connectivity index (χ0v) is 11.7. The molecule has 1 saturated heterocycles. The molecule has 6 nitrogen and oxygen atoms in total. The Kier molecular flexibility index (Phi) is 3.70. The van der Waals surface area contributed by atoms with Crippen molar-refractivity contribution in [1.29, 1.82) is 0 Å². The summed E-state index contributed by atoms with van der Waals surface area (Å²) in [5, 5.41) is 17.1. The van der Waals surface area contributed by atoms with E-state index in [1.807, 2.05) is 0 Å². The Morgan fingerprint density at radius 3 is 2.76 bits per heavy atom. The number of carboxylic acid groups (broad SMARTS) is 1. The molecule has 0 radical (unpaired) electrons. The van der Waals surface area contributed by atoms with Crippen LogP contribution < -0.4 is 0 Å². The Balaban J connectivity index is 1.82. The molecular formula is C15H16N2O4. The molecule has 2 unspecified atom stereocenters. The van der Waals surface area contributed by atoms with Gasteiger partial charge in [0.25, 0.3) is 0 Å². The van der Waals surface area contributed by atoms with Gasteiger partial charge in [-0.2, -0.15) is 0 Å². The third kappa shape index (κ3) is 2.67. The normalized spacial score (nSPS) is 21.6. The first-order valence-electron chi connectivity index (χ1n) is 6.97. The third-order valence-electron chi connectivity index (χ3n) is 3.75. The number of hydrogen-bond donors (Lipinski definition) is 1. The van der Waals surface area contributed by atoms with Crippen LogP contribution in [0.1, 0.15) is 41.9 Å². The summed E-state index contributed by atoms with van der Waals surface area (Å²) in [4.78, 5) is 10.8.